The van der Waals surface area contributed by atoms with Crippen LogP contribution in [0.1, 0.15) is 44.1 Å². The van der Waals surface area contributed by atoms with Crippen LogP contribution in [-0.4, -0.2) is 37.2 Å². The summed E-state index contributed by atoms with van der Waals surface area (Å²) in [4.78, 5) is 2.56. The monoisotopic (exact) mass is 288 g/mol. The van der Waals surface area contributed by atoms with E-state index in [1.807, 2.05) is 7.11 Å². The third-order valence-corrected chi connectivity index (χ3v) is 4.96. The molecule has 1 aromatic carbocycles. The van der Waals surface area contributed by atoms with Crippen LogP contribution in [0.4, 0.5) is 5.69 Å². The van der Waals surface area contributed by atoms with E-state index in [4.69, 9.17) is 4.74 Å². The molecule has 1 aliphatic heterocycles. The van der Waals surface area contributed by atoms with Gasteiger partial charge in [-0.1, -0.05) is 31.0 Å². The number of nitrogens with zero attached hydrogens (tertiary/aromatic N) is 1. The normalized spacial score (nSPS) is 26.9. The van der Waals surface area contributed by atoms with Crippen LogP contribution in [0, 0.1) is 0 Å². The Balaban J connectivity index is 1.68. The molecule has 2 atom stereocenters. The zero-order valence-corrected chi connectivity index (χ0v) is 13.2. The number of likely N-dealkylation sites (tertiary alicyclic amines) is 1. The number of methoxy groups -OCH3 is 1. The molecule has 2 unspecified atom stereocenters. The third kappa shape index (κ3) is 3.78. The van der Waals surface area contributed by atoms with E-state index < -0.39 is 0 Å². The molecule has 2 fully saturated rings. The minimum absolute atomic E-state index is 0.360. The standard InChI is InChI=1S/C18H28N2O/c1-21-18-11-5-4-10-17(18)19-16-9-3-2-8-15(16)14-20-12-6-7-13-20/h2-3,8-9,17-19H,4-7,10-14H2,1H3. The molecule has 0 aromatic heterocycles. The van der Waals surface area contributed by atoms with Crippen molar-refractivity contribution in [3.8, 4) is 0 Å². The van der Waals surface area contributed by atoms with E-state index in [0.29, 0.717) is 12.1 Å². The fourth-order valence-corrected chi connectivity index (χ4v) is 3.72. The first-order chi connectivity index (χ1) is 10.4. The van der Waals surface area contributed by atoms with Crippen LogP contribution in [0.25, 0.3) is 0 Å². The Kier molecular flexibility index (Phi) is 5.15. The molecule has 0 radical (unpaired) electrons. The van der Waals surface area contributed by atoms with Crippen molar-refractivity contribution in [1.82, 2.24) is 4.90 Å². The van der Waals surface area contributed by atoms with E-state index >= 15 is 0 Å². The van der Waals surface area contributed by atoms with Crippen LogP contribution < -0.4 is 5.32 Å². The second kappa shape index (κ2) is 7.28. The van der Waals surface area contributed by atoms with Crippen molar-refractivity contribution in [2.24, 2.45) is 0 Å². The number of hydrogen-bond donors (Lipinski definition) is 1. The highest BCUT2D eigenvalue weighted by molar-refractivity contribution is 5.52. The zero-order chi connectivity index (χ0) is 14.5. The number of rotatable bonds is 5. The summed E-state index contributed by atoms with van der Waals surface area (Å²) in [6.45, 7) is 3.57. The van der Waals surface area contributed by atoms with E-state index in [1.54, 1.807) is 0 Å². The Bertz CT molecular complexity index is 443. The minimum Gasteiger partial charge on any atom is -0.379 e. The van der Waals surface area contributed by atoms with Crippen LogP contribution >= 0.6 is 0 Å². The summed E-state index contributed by atoms with van der Waals surface area (Å²) in [5.74, 6) is 0. The highest BCUT2D eigenvalue weighted by atomic mass is 16.5. The van der Waals surface area contributed by atoms with Gasteiger partial charge in [0.2, 0.25) is 0 Å². The Hall–Kier alpha value is -1.06. The highest BCUT2D eigenvalue weighted by Gasteiger charge is 2.25. The predicted octanol–water partition coefficient (Wildman–Crippen LogP) is 3.65. The molecule has 0 amide bonds. The van der Waals surface area contributed by atoms with E-state index in [0.717, 1.165) is 6.54 Å². The van der Waals surface area contributed by atoms with Crippen molar-refractivity contribution in [2.45, 2.75) is 57.2 Å². The summed E-state index contributed by atoms with van der Waals surface area (Å²) >= 11 is 0. The summed E-state index contributed by atoms with van der Waals surface area (Å²) in [6, 6.07) is 9.26. The second-order valence-electron chi connectivity index (χ2n) is 6.45. The maximum absolute atomic E-state index is 5.68. The minimum atomic E-state index is 0.360. The maximum Gasteiger partial charge on any atom is 0.0772 e. The molecule has 3 nitrogen and oxygen atoms in total. The van der Waals surface area contributed by atoms with Crippen molar-refractivity contribution in [1.29, 1.82) is 0 Å². The van der Waals surface area contributed by atoms with E-state index in [9.17, 15) is 0 Å². The molecule has 2 aliphatic rings. The molecule has 3 heteroatoms. The molecule has 116 valence electrons. The molecule has 0 bridgehead atoms. The lowest BCUT2D eigenvalue weighted by Gasteiger charge is -2.32. The molecule has 3 rings (SSSR count). The van der Waals surface area contributed by atoms with Gasteiger partial charge in [-0.15, -0.1) is 0 Å². The largest absolute Gasteiger partial charge is 0.379 e. The number of benzene rings is 1. The molecule has 1 saturated heterocycles. The fourth-order valence-electron chi connectivity index (χ4n) is 3.72. The lowest BCUT2D eigenvalue weighted by molar-refractivity contribution is 0.0606. The van der Waals surface area contributed by atoms with Crippen molar-refractivity contribution < 1.29 is 4.74 Å². The van der Waals surface area contributed by atoms with Gasteiger partial charge in [0.25, 0.3) is 0 Å². The summed E-state index contributed by atoms with van der Waals surface area (Å²) in [7, 11) is 1.85. The van der Waals surface area contributed by atoms with Gasteiger partial charge in [-0.05, 0) is 50.4 Å². The first-order valence-electron chi connectivity index (χ1n) is 8.46. The summed E-state index contributed by atoms with van der Waals surface area (Å²) in [6.07, 6.45) is 8.07. The van der Waals surface area contributed by atoms with Gasteiger partial charge in [-0.2, -0.15) is 0 Å². The van der Waals surface area contributed by atoms with Crippen LogP contribution in [0.2, 0.25) is 0 Å². The molecule has 1 N–H and O–H groups in total. The van der Waals surface area contributed by atoms with Gasteiger partial charge in [-0.25, -0.2) is 0 Å². The first kappa shape index (κ1) is 14.9. The smallest absolute Gasteiger partial charge is 0.0772 e. The lowest BCUT2D eigenvalue weighted by atomic mass is 9.92. The number of nitrogens with one attached hydrogen (secondary N) is 1. The Labute approximate surface area is 128 Å². The first-order valence-corrected chi connectivity index (χ1v) is 8.46. The molecule has 1 aromatic rings. The Morgan fingerprint density at radius 3 is 2.67 bits per heavy atom. The van der Waals surface area contributed by atoms with Crippen LogP contribution in [0.3, 0.4) is 0 Å². The summed E-state index contributed by atoms with van der Waals surface area (Å²) < 4.78 is 5.68. The third-order valence-electron chi connectivity index (χ3n) is 4.96. The van der Waals surface area contributed by atoms with Crippen molar-refractivity contribution in [2.75, 3.05) is 25.5 Å². The van der Waals surface area contributed by atoms with Crippen molar-refractivity contribution in [3.05, 3.63) is 29.8 Å². The topological polar surface area (TPSA) is 24.5 Å². The highest BCUT2D eigenvalue weighted by Crippen LogP contribution is 2.27. The zero-order valence-electron chi connectivity index (χ0n) is 13.2. The van der Waals surface area contributed by atoms with Crippen LogP contribution in [0.15, 0.2) is 24.3 Å². The quantitative estimate of drug-likeness (QED) is 0.895. The molecule has 21 heavy (non-hydrogen) atoms. The van der Waals surface area contributed by atoms with Gasteiger partial charge in [-0.3, -0.25) is 4.90 Å². The van der Waals surface area contributed by atoms with Crippen molar-refractivity contribution >= 4 is 5.69 Å². The van der Waals surface area contributed by atoms with Crippen LogP contribution in [0.5, 0.6) is 0 Å². The lowest BCUT2D eigenvalue weighted by Crippen LogP contribution is -2.38. The maximum atomic E-state index is 5.68. The van der Waals surface area contributed by atoms with Gasteiger partial charge in [0.1, 0.15) is 0 Å². The average molecular weight is 288 g/mol. The molecule has 1 saturated carbocycles. The van der Waals surface area contributed by atoms with E-state index in [2.05, 4.69) is 34.5 Å². The fraction of sp³-hybridized carbons (Fsp3) is 0.667. The molecular formula is C18H28N2O. The predicted molar refractivity (Wildman–Crippen MR) is 87.6 cm³/mol. The summed E-state index contributed by atoms with van der Waals surface area (Å²) in [5, 5.41) is 3.77. The number of para-hydroxylation sites is 1. The van der Waals surface area contributed by atoms with E-state index in [1.165, 1.54) is 62.9 Å². The summed E-state index contributed by atoms with van der Waals surface area (Å²) in [5.41, 5.74) is 2.73. The van der Waals surface area contributed by atoms with Gasteiger partial charge < -0.3 is 10.1 Å². The Morgan fingerprint density at radius 2 is 1.86 bits per heavy atom. The number of hydrogen-bond acceptors (Lipinski definition) is 3. The second-order valence-corrected chi connectivity index (χ2v) is 6.45. The average Bonchev–Trinajstić information content (AvgIpc) is 3.03. The van der Waals surface area contributed by atoms with Gasteiger partial charge in [0.05, 0.1) is 12.1 Å². The van der Waals surface area contributed by atoms with Crippen LogP contribution in [-0.2, 0) is 11.3 Å². The molecule has 1 aliphatic carbocycles. The van der Waals surface area contributed by atoms with Gasteiger partial charge in [0, 0.05) is 19.3 Å². The Morgan fingerprint density at radius 1 is 1.10 bits per heavy atom. The SMILES string of the molecule is COC1CCCCC1Nc1ccccc1CN1CCCC1. The number of anilines is 1. The molecule has 0 spiro atoms. The number of ether oxygens (including phenoxy) is 1. The molecular weight excluding hydrogens is 260 g/mol. The van der Waals surface area contributed by atoms with E-state index in [-0.39, 0.29) is 0 Å². The van der Waals surface area contributed by atoms with Crippen molar-refractivity contribution in [3.63, 3.8) is 0 Å². The van der Waals surface area contributed by atoms with Gasteiger partial charge >= 0.3 is 0 Å². The van der Waals surface area contributed by atoms with Gasteiger partial charge in [0.15, 0.2) is 0 Å². The molecule has 1 heterocycles.